The van der Waals surface area contributed by atoms with E-state index in [9.17, 15) is 4.79 Å². The van der Waals surface area contributed by atoms with Crippen LogP contribution in [0.3, 0.4) is 0 Å². The highest BCUT2D eigenvalue weighted by molar-refractivity contribution is 5.80. The molecule has 0 radical (unpaired) electrons. The van der Waals surface area contributed by atoms with E-state index in [1.807, 2.05) is 6.07 Å². The Morgan fingerprint density at radius 1 is 1.16 bits per heavy atom. The van der Waals surface area contributed by atoms with E-state index in [-0.39, 0.29) is 11.8 Å². The van der Waals surface area contributed by atoms with Gasteiger partial charge in [-0.05, 0) is 64.2 Å². The number of aliphatic imine (C=N–C) groups is 1. The first kappa shape index (κ1) is 24.5. The van der Waals surface area contributed by atoms with Crippen LogP contribution in [-0.4, -0.2) is 74.1 Å². The largest absolute Gasteiger partial charge is 0.376 e. The lowest BCUT2D eigenvalue weighted by Gasteiger charge is -2.30. The van der Waals surface area contributed by atoms with Crippen LogP contribution in [0.4, 0.5) is 0 Å². The number of hydrogen-bond acceptors (Lipinski definition) is 4. The summed E-state index contributed by atoms with van der Waals surface area (Å²) in [5.74, 6) is 1.54. The van der Waals surface area contributed by atoms with Gasteiger partial charge in [0.1, 0.15) is 0 Å². The van der Waals surface area contributed by atoms with Gasteiger partial charge in [0.05, 0.1) is 13.2 Å². The minimum Gasteiger partial charge on any atom is -0.376 e. The number of unbranched alkanes of at least 4 members (excludes halogenated alkanes) is 1. The van der Waals surface area contributed by atoms with E-state index in [2.05, 4.69) is 46.3 Å². The molecule has 3 N–H and O–H groups in total. The molecule has 0 spiro atoms. The fourth-order valence-electron chi connectivity index (χ4n) is 4.58. The molecular formula is C25H41N5O2. The number of primary amides is 1. The van der Waals surface area contributed by atoms with Gasteiger partial charge in [-0.1, -0.05) is 30.3 Å². The van der Waals surface area contributed by atoms with Crippen LogP contribution in [0.5, 0.6) is 0 Å². The monoisotopic (exact) mass is 443 g/mol. The molecule has 1 aromatic carbocycles. The number of hydrogen-bond donors (Lipinski definition) is 2. The number of nitrogens with one attached hydrogen (secondary N) is 1. The van der Waals surface area contributed by atoms with Crippen molar-refractivity contribution in [1.29, 1.82) is 0 Å². The Morgan fingerprint density at radius 3 is 2.66 bits per heavy atom. The molecule has 2 saturated heterocycles. The lowest BCUT2D eigenvalue weighted by molar-refractivity contribution is -0.123. The predicted molar refractivity (Wildman–Crippen MR) is 129 cm³/mol. The van der Waals surface area contributed by atoms with Crippen LogP contribution >= 0.6 is 0 Å². The zero-order valence-electron chi connectivity index (χ0n) is 19.7. The number of carbonyl (C=O) groups is 1. The first-order chi connectivity index (χ1) is 15.7. The Balaban J connectivity index is 1.32. The minimum atomic E-state index is -0.137. The summed E-state index contributed by atoms with van der Waals surface area (Å²) < 4.78 is 5.96. The molecule has 3 rings (SSSR count). The zero-order chi connectivity index (χ0) is 22.6. The van der Waals surface area contributed by atoms with Gasteiger partial charge in [0, 0.05) is 38.0 Å². The van der Waals surface area contributed by atoms with Crippen LogP contribution < -0.4 is 11.1 Å². The van der Waals surface area contributed by atoms with Gasteiger partial charge in [-0.25, -0.2) is 0 Å². The molecule has 7 heteroatoms. The number of nitrogens with zero attached hydrogens (tertiary/aromatic N) is 3. The van der Waals surface area contributed by atoms with E-state index in [1.54, 1.807) is 0 Å². The molecule has 1 amide bonds. The molecule has 0 aromatic heterocycles. The smallest absolute Gasteiger partial charge is 0.220 e. The van der Waals surface area contributed by atoms with E-state index in [4.69, 9.17) is 15.5 Å². The number of carbonyl (C=O) groups excluding carboxylic acids is 1. The summed E-state index contributed by atoms with van der Waals surface area (Å²) in [5, 5.41) is 3.46. The molecule has 32 heavy (non-hydrogen) atoms. The molecule has 0 aliphatic carbocycles. The molecule has 7 nitrogen and oxygen atoms in total. The molecule has 1 atom stereocenters. The molecule has 2 heterocycles. The lowest BCUT2D eigenvalue weighted by Crippen LogP contribution is -2.40. The number of nitrogens with two attached hydrogens (primary N) is 1. The van der Waals surface area contributed by atoms with Gasteiger partial charge in [0.15, 0.2) is 5.96 Å². The quantitative estimate of drug-likeness (QED) is 0.312. The highest BCUT2D eigenvalue weighted by Gasteiger charge is 2.25. The summed E-state index contributed by atoms with van der Waals surface area (Å²) in [6, 6.07) is 10.4. The normalized spacial score (nSPS) is 20.6. The summed E-state index contributed by atoms with van der Waals surface area (Å²) in [6.45, 7) is 10.5. The van der Waals surface area contributed by atoms with Crippen molar-refractivity contribution in [3.63, 3.8) is 0 Å². The zero-order valence-corrected chi connectivity index (χ0v) is 19.7. The number of piperidine rings is 1. The first-order valence-corrected chi connectivity index (χ1v) is 12.3. The standard InChI is InChI=1S/C25H41N5O2/c1-2-27-25(28-13-6-7-14-29-15-11-23(12-16-29)24(26)31)30-17-10-22(18-30)20-32-19-21-8-4-3-5-9-21/h3-5,8-9,22-23H,2,6-7,10-20H2,1H3,(H2,26,31)(H,27,28). The number of benzene rings is 1. The molecule has 1 aromatic rings. The molecule has 2 aliphatic heterocycles. The van der Waals surface area contributed by atoms with Crippen molar-refractivity contribution in [2.24, 2.45) is 22.6 Å². The van der Waals surface area contributed by atoms with Crippen LogP contribution in [0.1, 0.15) is 44.6 Å². The molecule has 0 bridgehead atoms. The van der Waals surface area contributed by atoms with Crippen LogP contribution in [0, 0.1) is 11.8 Å². The second kappa shape index (κ2) is 13.4. The van der Waals surface area contributed by atoms with Crippen molar-refractivity contribution >= 4 is 11.9 Å². The van der Waals surface area contributed by atoms with Gasteiger partial charge >= 0.3 is 0 Å². The third kappa shape index (κ3) is 8.10. The van der Waals surface area contributed by atoms with Crippen molar-refractivity contribution in [2.75, 3.05) is 52.4 Å². The Hall–Kier alpha value is -2.12. The topological polar surface area (TPSA) is 83.2 Å². The highest BCUT2D eigenvalue weighted by Crippen LogP contribution is 2.18. The summed E-state index contributed by atoms with van der Waals surface area (Å²) in [5.41, 5.74) is 6.66. The second-order valence-electron chi connectivity index (χ2n) is 9.06. The molecule has 2 aliphatic rings. The Labute approximate surface area is 193 Å². The number of ether oxygens (including phenoxy) is 1. The summed E-state index contributed by atoms with van der Waals surface area (Å²) in [6.07, 6.45) is 5.19. The first-order valence-electron chi connectivity index (χ1n) is 12.3. The highest BCUT2D eigenvalue weighted by atomic mass is 16.5. The Morgan fingerprint density at radius 2 is 1.94 bits per heavy atom. The van der Waals surface area contributed by atoms with Crippen LogP contribution in [0.25, 0.3) is 0 Å². The average molecular weight is 444 g/mol. The fraction of sp³-hybridized carbons (Fsp3) is 0.680. The maximum atomic E-state index is 11.3. The maximum Gasteiger partial charge on any atom is 0.220 e. The summed E-state index contributed by atoms with van der Waals surface area (Å²) in [7, 11) is 0. The van der Waals surface area contributed by atoms with Crippen LogP contribution in [0.15, 0.2) is 35.3 Å². The minimum absolute atomic E-state index is 0.0755. The van der Waals surface area contributed by atoms with Crippen molar-refractivity contribution in [1.82, 2.24) is 15.1 Å². The maximum absolute atomic E-state index is 11.3. The Bertz CT molecular complexity index is 704. The van der Waals surface area contributed by atoms with Crippen molar-refractivity contribution in [2.45, 2.75) is 45.6 Å². The average Bonchev–Trinajstić information content (AvgIpc) is 3.28. The predicted octanol–water partition coefficient (Wildman–Crippen LogP) is 2.47. The van der Waals surface area contributed by atoms with Gasteiger partial charge in [0.25, 0.3) is 0 Å². The van der Waals surface area contributed by atoms with Crippen molar-refractivity contribution in [3.05, 3.63) is 35.9 Å². The second-order valence-corrected chi connectivity index (χ2v) is 9.06. The van der Waals surface area contributed by atoms with Gasteiger partial charge in [-0.15, -0.1) is 0 Å². The number of rotatable bonds is 11. The Kier molecular flexibility index (Phi) is 10.3. The van der Waals surface area contributed by atoms with Crippen molar-refractivity contribution in [3.8, 4) is 0 Å². The number of guanidine groups is 1. The van der Waals surface area contributed by atoms with Gasteiger partial charge < -0.3 is 25.6 Å². The molecule has 178 valence electrons. The van der Waals surface area contributed by atoms with Gasteiger partial charge in [0.2, 0.25) is 5.91 Å². The third-order valence-electron chi connectivity index (χ3n) is 6.52. The third-order valence-corrected chi connectivity index (χ3v) is 6.52. The van der Waals surface area contributed by atoms with Crippen LogP contribution in [-0.2, 0) is 16.1 Å². The van der Waals surface area contributed by atoms with Crippen LogP contribution in [0.2, 0.25) is 0 Å². The molecular weight excluding hydrogens is 402 g/mol. The number of amides is 1. The summed E-state index contributed by atoms with van der Waals surface area (Å²) >= 11 is 0. The van der Waals surface area contributed by atoms with Gasteiger partial charge in [-0.3, -0.25) is 9.79 Å². The molecule has 2 fully saturated rings. The summed E-state index contributed by atoms with van der Waals surface area (Å²) in [4.78, 5) is 21.0. The lowest BCUT2D eigenvalue weighted by atomic mass is 9.96. The van der Waals surface area contributed by atoms with E-state index in [0.29, 0.717) is 12.5 Å². The molecule has 0 saturated carbocycles. The molecule has 1 unspecified atom stereocenters. The fourth-order valence-corrected chi connectivity index (χ4v) is 4.58. The number of likely N-dealkylation sites (tertiary alicyclic amines) is 2. The van der Waals surface area contributed by atoms with E-state index < -0.39 is 0 Å². The van der Waals surface area contributed by atoms with Crippen molar-refractivity contribution < 1.29 is 9.53 Å². The van der Waals surface area contributed by atoms with E-state index in [1.165, 1.54) is 5.56 Å². The van der Waals surface area contributed by atoms with E-state index in [0.717, 1.165) is 90.5 Å². The van der Waals surface area contributed by atoms with Gasteiger partial charge in [-0.2, -0.15) is 0 Å². The van der Waals surface area contributed by atoms with E-state index >= 15 is 0 Å². The SMILES string of the molecule is CCNC(=NCCCCN1CCC(C(N)=O)CC1)N1CCC(COCc2ccccc2)C1.